The van der Waals surface area contributed by atoms with Crippen molar-refractivity contribution >= 4 is 22.4 Å². The molecule has 1 amide bonds. The summed E-state index contributed by atoms with van der Waals surface area (Å²) in [4.78, 5) is 26.0. The highest BCUT2D eigenvalue weighted by Crippen LogP contribution is 2.30. The number of nitrogens with zero attached hydrogens (tertiary/aromatic N) is 2. The molecule has 0 unspecified atom stereocenters. The minimum atomic E-state index is -0.449. The van der Waals surface area contributed by atoms with Gasteiger partial charge in [-0.3, -0.25) is 19.8 Å². The Kier molecular flexibility index (Phi) is 5.77. The second-order valence-electron chi connectivity index (χ2n) is 7.80. The number of hydrogen-bond acceptors (Lipinski definition) is 4. The highest BCUT2D eigenvalue weighted by atomic mass is 16.6. The zero-order valence-corrected chi connectivity index (χ0v) is 17.0. The second kappa shape index (κ2) is 8.63. The summed E-state index contributed by atoms with van der Waals surface area (Å²) in [6.45, 7) is 4.12. The molecule has 0 spiro atoms. The van der Waals surface area contributed by atoms with Crippen LogP contribution in [0.25, 0.3) is 10.8 Å². The Hall–Kier alpha value is -3.25. The molecular formula is C24H25N3O3. The van der Waals surface area contributed by atoms with Gasteiger partial charge in [-0.05, 0) is 55.3 Å². The molecule has 0 aliphatic carbocycles. The van der Waals surface area contributed by atoms with E-state index in [0.29, 0.717) is 17.7 Å². The number of fused-ring (bicyclic) bond motifs is 1. The fourth-order valence-electron chi connectivity index (χ4n) is 4.27. The van der Waals surface area contributed by atoms with E-state index in [1.807, 2.05) is 12.1 Å². The number of likely N-dealkylation sites (tertiary alicyclic amines) is 1. The number of carbonyl (C=O) groups is 1. The molecule has 1 aliphatic heterocycles. The van der Waals surface area contributed by atoms with Crippen LogP contribution in [0.2, 0.25) is 0 Å². The molecule has 1 atom stereocenters. The lowest BCUT2D eigenvalue weighted by Gasteiger charge is -2.29. The number of carbonyl (C=O) groups excluding carboxylic acids is 1. The maximum atomic E-state index is 12.8. The lowest BCUT2D eigenvalue weighted by molar-refractivity contribution is -0.385. The molecule has 3 aromatic rings. The molecular weight excluding hydrogens is 378 g/mol. The third kappa shape index (κ3) is 4.04. The first-order chi connectivity index (χ1) is 14.5. The minimum absolute atomic E-state index is 0.0344. The highest BCUT2D eigenvalue weighted by Gasteiger charge is 2.25. The molecule has 1 N–H and O–H groups in total. The fourth-order valence-corrected chi connectivity index (χ4v) is 4.27. The van der Waals surface area contributed by atoms with Crippen LogP contribution in [0.4, 0.5) is 5.69 Å². The zero-order valence-electron chi connectivity index (χ0n) is 17.0. The van der Waals surface area contributed by atoms with Crippen molar-refractivity contribution in [3.05, 3.63) is 87.5 Å². The number of nitro groups is 1. The van der Waals surface area contributed by atoms with E-state index < -0.39 is 4.92 Å². The fraction of sp³-hybridized carbons (Fsp3) is 0.292. The van der Waals surface area contributed by atoms with E-state index in [2.05, 4.69) is 40.5 Å². The summed E-state index contributed by atoms with van der Waals surface area (Å²) in [7, 11) is 0. The van der Waals surface area contributed by atoms with Crippen molar-refractivity contribution in [2.75, 3.05) is 19.6 Å². The molecule has 3 aromatic carbocycles. The number of amides is 1. The summed E-state index contributed by atoms with van der Waals surface area (Å²) in [6.07, 6.45) is 2.30. The smallest absolute Gasteiger partial charge is 0.273 e. The van der Waals surface area contributed by atoms with Gasteiger partial charge < -0.3 is 5.32 Å². The Bertz CT molecular complexity index is 1080. The van der Waals surface area contributed by atoms with Crippen molar-refractivity contribution in [1.29, 1.82) is 0 Å². The average molecular weight is 403 g/mol. The molecule has 6 heteroatoms. The highest BCUT2D eigenvalue weighted by molar-refractivity contribution is 5.95. The summed E-state index contributed by atoms with van der Waals surface area (Å²) >= 11 is 0. The third-order valence-corrected chi connectivity index (χ3v) is 5.89. The van der Waals surface area contributed by atoms with Gasteiger partial charge in [-0.1, -0.05) is 48.5 Å². The standard InChI is InChI=1S/C24H25N3O3/c1-17-11-12-19(15-22(17)27(29)30)24(28)25-16-23(26-13-4-5-14-26)21-10-6-8-18-7-2-3-9-20(18)21/h2-3,6-12,15,23H,4-5,13-14,16H2,1H3,(H,25,28)/t23-/m0/s1. The van der Waals surface area contributed by atoms with Crippen LogP contribution in [0.5, 0.6) is 0 Å². The lowest BCUT2D eigenvalue weighted by Crippen LogP contribution is -2.37. The van der Waals surface area contributed by atoms with Crippen molar-refractivity contribution in [2.45, 2.75) is 25.8 Å². The van der Waals surface area contributed by atoms with Gasteiger partial charge in [0.05, 0.1) is 11.0 Å². The number of benzene rings is 3. The van der Waals surface area contributed by atoms with Crippen molar-refractivity contribution in [3.8, 4) is 0 Å². The van der Waals surface area contributed by atoms with E-state index in [4.69, 9.17) is 0 Å². The molecule has 0 bridgehead atoms. The number of nitrogens with one attached hydrogen (secondary N) is 1. The third-order valence-electron chi connectivity index (χ3n) is 5.89. The summed E-state index contributed by atoms with van der Waals surface area (Å²) in [6, 6.07) is 19.3. The Balaban J connectivity index is 1.60. The normalized spacial score (nSPS) is 15.2. The van der Waals surface area contributed by atoms with Crippen LogP contribution in [0.3, 0.4) is 0 Å². The summed E-state index contributed by atoms with van der Waals surface area (Å²) in [5, 5.41) is 16.6. The van der Waals surface area contributed by atoms with Crippen LogP contribution in [0.15, 0.2) is 60.7 Å². The van der Waals surface area contributed by atoms with Crippen LogP contribution in [-0.2, 0) is 0 Å². The van der Waals surface area contributed by atoms with Crippen molar-refractivity contribution in [3.63, 3.8) is 0 Å². The Labute approximate surface area is 175 Å². The summed E-state index contributed by atoms with van der Waals surface area (Å²) < 4.78 is 0. The van der Waals surface area contributed by atoms with Crippen molar-refractivity contribution in [2.24, 2.45) is 0 Å². The number of aryl methyl sites for hydroxylation is 1. The predicted octanol–water partition coefficient (Wildman–Crippen LogP) is 4.62. The quantitative estimate of drug-likeness (QED) is 0.481. The molecule has 30 heavy (non-hydrogen) atoms. The van der Waals surface area contributed by atoms with Crippen LogP contribution < -0.4 is 5.32 Å². The molecule has 0 aromatic heterocycles. The van der Waals surface area contributed by atoms with E-state index in [-0.39, 0.29) is 17.6 Å². The topological polar surface area (TPSA) is 75.5 Å². The van der Waals surface area contributed by atoms with Gasteiger partial charge in [0.1, 0.15) is 0 Å². The maximum absolute atomic E-state index is 12.8. The van der Waals surface area contributed by atoms with Gasteiger partial charge in [-0.15, -0.1) is 0 Å². The van der Waals surface area contributed by atoms with Crippen LogP contribution in [0.1, 0.15) is 40.4 Å². The lowest BCUT2D eigenvalue weighted by atomic mass is 9.97. The monoisotopic (exact) mass is 403 g/mol. The minimum Gasteiger partial charge on any atom is -0.350 e. The van der Waals surface area contributed by atoms with E-state index >= 15 is 0 Å². The second-order valence-corrected chi connectivity index (χ2v) is 7.80. The van der Waals surface area contributed by atoms with Crippen LogP contribution in [-0.4, -0.2) is 35.4 Å². The molecule has 0 saturated carbocycles. The Morgan fingerprint density at radius 3 is 2.60 bits per heavy atom. The van der Waals surface area contributed by atoms with Gasteiger partial charge in [-0.25, -0.2) is 0 Å². The van der Waals surface area contributed by atoms with Gasteiger partial charge in [0.15, 0.2) is 0 Å². The summed E-state index contributed by atoms with van der Waals surface area (Å²) in [5.74, 6) is -0.289. The zero-order chi connectivity index (χ0) is 21.1. The first kappa shape index (κ1) is 20.0. The molecule has 154 valence electrons. The Morgan fingerprint density at radius 2 is 1.83 bits per heavy atom. The molecule has 0 radical (unpaired) electrons. The van der Waals surface area contributed by atoms with Crippen molar-refractivity contribution < 1.29 is 9.72 Å². The maximum Gasteiger partial charge on any atom is 0.273 e. The van der Waals surface area contributed by atoms with E-state index in [0.717, 1.165) is 25.9 Å². The SMILES string of the molecule is Cc1ccc(C(=O)NC[C@@H](c2cccc3ccccc23)N2CCCC2)cc1[N+](=O)[O-]. The van der Waals surface area contributed by atoms with E-state index in [1.165, 1.54) is 22.4 Å². The van der Waals surface area contributed by atoms with Gasteiger partial charge in [0.2, 0.25) is 0 Å². The largest absolute Gasteiger partial charge is 0.350 e. The molecule has 1 saturated heterocycles. The average Bonchev–Trinajstić information content (AvgIpc) is 3.28. The summed E-state index contributed by atoms with van der Waals surface area (Å²) in [5.41, 5.74) is 2.02. The molecule has 6 nitrogen and oxygen atoms in total. The van der Waals surface area contributed by atoms with Crippen LogP contribution >= 0.6 is 0 Å². The van der Waals surface area contributed by atoms with Gasteiger partial charge >= 0.3 is 0 Å². The first-order valence-electron chi connectivity index (χ1n) is 10.3. The van der Waals surface area contributed by atoms with E-state index in [9.17, 15) is 14.9 Å². The Morgan fingerprint density at radius 1 is 1.10 bits per heavy atom. The van der Waals surface area contributed by atoms with Gasteiger partial charge in [-0.2, -0.15) is 0 Å². The van der Waals surface area contributed by atoms with E-state index in [1.54, 1.807) is 19.1 Å². The molecule has 1 heterocycles. The first-order valence-corrected chi connectivity index (χ1v) is 10.3. The van der Waals surface area contributed by atoms with Gasteiger partial charge in [0.25, 0.3) is 11.6 Å². The molecule has 1 fully saturated rings. The van der Waals surface area contributed by atoms with Crippen LogP contribution in [0, 0.1) is 17.0 Å². The predicted molar refractivity (Wildman–Crippen MR) is 118 cm³/mol. The van der Waals surface area contributed by atoms with Gasteiger partial charge in [0, 0.05) is 23.7 Å². The number of nitro benzene ring substituents is 1. The molecule has 4 rings (SSSR count). The number of hydrogen-bond donors (Lipinski definition) is 1. The number of rotatable bonds is 6. The van der Waals surface area contributed by atoms with Crippen molar-refractivity contribution in [1.82, 2.24) is 10.2 Å². The molecule has 1 aliphatic rings.